The highest BCUT2D eigenvalue weighted by Crippen LogP contribution is 2.14. The third kappa shape index (κ3) is 4.38. The number of anilines is 1. The van der Waals surface area contributed by atoms with Gasteiger partial charge in [0.15, 0.2) is 0 Å². The van der Waals surface area contributed by atoms with Gasteiger partial charge in [-0.3, -0.25) is 4.79 Å². The first-order chi connectivity index (χ1) is 12.7. The first-order valence-corrected chi connectivity index (χ1v) is 9.33. The van der Waals surface area contributed by atoms with E-state index in [1.807, 2.05) is 37.3 Å². The summed E-state index contributed by atoms with van der Waals surface area (Å²) < 4.78 is 0. The Morgan fingerprint density at radius 3 is 2.35 bits per heavy atom. The van der Waals surface area contributed by atoms with E-state index in [1.165, 1.54) is 0 Å². The van der Waals surface area contributed by atoms with Crippen LogP contribution in [0, 0.1) is 0 Å². The second-order valence-electron chi connectivity index (χ2n) is 6.49. The van der Waals surface area contributed by atoms with Crippen LogP contribution >= 0.6 is 0 Å². The summed E-state index contributed by atoms with van der Waals surface area (Å²) in [5, 5.41) is 0. The highest BCUT2D eigenvalue weighted by Gasteiger charge is 2.19. The molecule has 6 heteroatoms. The van der Waals surface area contributed by atoms with Gasteiger partial charge in [0.05, 0.1) is 12.4 Å². The summed E-state index contributed by atoms with van der Waals surface area (Å²) in [6, 6.07) is 10.0. The summed E-state index contributed by atoms with van der Waals surface area (Å²) in [5.41, 5.74) is 1.51. The maximum atomic E-state index is 12.8. The summed E-state index contributed by atoms with van der Waals surface area (Å²) in [4.78, 5) is 28.1. The van der Waals surface area contributed by atoms with E-state index in [0.717, 1.165) is 44.1 Å². The molecule has 1 fully saturated rings. The number of likely N-dealkylation sites (N-methyl/N-ethyl adjacent to an activating group) is 1. The van der Waals surface area contributed by atoms with Crippen LogP contribution in [0.15, 0.2) is 42.7 Å². The first-order valence-electron chi connectivity index (χ1n) is 9.33. The van der Waals surface area contributed by atoms with Crippen LogP contribution in [-0.2, 0) is 6.54 Å². The molecule has 138 valence electrons. The number of aromatic nitrogens is 2. The van der Waals surface area contributed by atoms with E-state index in [0.29, 0.717) is 18.8 Å². The fourth-order valence-corrected chi connectivity index (χ4v) is 3.18. The van der Waals surface area contributed by atoms with Crippen molar-refractivity contribution in [1.82, 2.24) is 19.8 Å². The average Bonchev–Trinajstić information content (AvgIpc) is 2.72. The molecule has 1 aliphatic heterocycles. The lowest BCUT2D eigenvalue weighted by Crippen LogP contribution is -2.46. The van der Waals surface area contributed by atoms with E-state index in [-0.39, 0.29) is 5.91 Å². The molecule has 0 radical (unpaired) electrons. The Kier molecular flexibility index (Phi) is 6.17. The van der Waals surface area contributed by atoms with Crippen molar-refractivity contribution in [2.24, 2.45) is 0 Å². The first kappa shape index (κ1) is 18.3. The number of piperazine rings is 1. The van der Waals surface area contributed by atoms with Crippen LogP contribution in [0.25, 0.3) is 0 Å². The molecule has 0 spiro atoms. The zero-order chi connectivity index (χ0) is 18.4. The zero-order valence-electron chi connectivity index (χ0n) is 15.6. The Morgan fingerprint density at radius 1 is 1.04 bits per heavy atom. The fourth-order valence-electron chi connectivity index (χ4n) is 3.18. The SMILES string of the molecule is CCN1CCN(c2cnc(C(=O)N(CC)Cc3ccccc3)cn2)CC1. The van der Waals surface area contributed by atoms with Crippen LogP contribution in [0.4, 0.5) is 5.82 Å². The van der Waals surface area contributed by atoms with Gasteiger partial charge in [0.2, 0.25) is 0 Å². The van der Waals surface area contributed by atoms with Gasteiger partial charge in [0.1, 0.15) is 11.5 Å². The Balaban J connectivity index is 1.64. The van der Waals surface area contributed by atoms with Crippen molar-refractivity contribution in [2.75, 3.05) is 44.2 Å². The Bertz CT molecular complexity index is 696. The highest BCUT2D eigenvalue weighted by molar-refractivity contribution is 5.92. The van der Waals surface area contributed by atoms with Crippen LogP contribution in [-0.4, -0.2) is 64.9 Å². The number of hydrogen-bond acceptors (Lipinski definition) is 5. The Hall–Kier alpha value is -2.47. The van der Waals surface area contributed by atoms with Crippen molar-refractivity contribution < 1.29 is 4.79 Å². The quantitative estimate of drug-likeness (QED) is 0.797. The summed E-state index contributed by atoms with van der Waals surface area (Å²) in [6.45, 7) is 10.4. The monoisotopic (exact) mass is 353 g/mol. The van der Waals surface area contributed by atoms with Crippen molar-refractivity contribution in [3.05, 3.63) is 54.0 Å². The van der Waals surface area contributed by atoms with Crippen molar-refractivity contribution in [2.45, 2.75) is 20.4 Å². The lowest BCUT2D eigenvalue weighted by molar-refractivity contribution is 0.0746. The molecule has 0 N–H and O–H groups in total. The van der Waals surface area contributed by atoms with Crippen molar-refractivity contribution in [1.29, 1.82) is 0 Å². The van der Waals surface area contributed by atoms with E-state index < -0.39 is 0 Å². The number of nitrogens with zero attached hydrogens (tertiary/aromatic N) is 5. The highest BCUT2D eigenvalue weighted by atomic mass is 16.2. The molecule has 2 aromatic rings. The summed E-state index contributed by atoms with van der Waals surface area (Å²) in [5.74, 6) is 0.773. The normalized spacial score (nSPS) is 15.1. The number of carbonyl (C=O) groups is 1. The number of benzene rings is 1. The number of carbonyl (C=O) groups excluding carboxylic acids is 1. The number of amides is 1. The minimum absolute atomic E-state index is 0.0776. The van der Waals surface area contributed by atoms with E-state index in [9.17, 15) is 4.79 Å². The lowest BCUT2D eigenvalue weighted by Gasteiger charge is -2.34. The predicted molar refractivity (Wildman–Crippen MR) is 103 cm³/mol. The van der Waals surface area contributed by atoms with Gasteiger partial charge in [-0.1, -0.05) is 37.3 Å². The van der Waals surface area contributed by atoms with Gasteiger partial charge < -0.3 is 14.7 Å². The molecule has 26 heavy (non-hydrogen) atoms. The third-order valence-corrected chi connectivity index (χ3v) is 4.89. The standard InChI is InChI=1S/C20H27N5O/c1-3-23-10-12-25(13-11-23)19-15-21-18(14-22-19)20(26)24(4-2)16-17-8-6-5-7-9-17/h5-9,14-15H,3-4,10-13,16H2,1-2H3. The second-order valence-corrected chi connectivity index (χ2v) is 6.49. The third-order valence-electron chi connectivity index (χ3n) is 4.89. The van der Waals surface area contributed by atoms with E-state index in [4.69, 9.17) is 0 Å². The van der Waals surface area contributed by atoms with Gasteiger partial charge in [-0.05, 0) is 19.0 Å². The van der Waals surface area contributed by atoms with E-state index in [2.05, 4.69) is 26.7 Å². The molecule has 6 nitrogen and oxygen atoms in total. The molecule has 0 aliphatic carbocycles. The van der Waals surface area contributed by atoms with Crippen LogP contribution in [0.1, 0.15) is 29.9 Å². The molecule has 2 heterocycles. The Labute approximate surface area is 155 Å². The average molecular weight is 353 g/mol. The lowest BCUT2D eigenvalue weighted by atomic mass is 10.2. The van der Waals surface area contributed by atoms with Gasteiger partial charge in [-0.25, -0.2) is 9.97 Å². The number of hydrogen-bond donors (Lipinski definition) is 0. The molecule has 0 bridgehead atoms. The molecule has 0 atom stereocenters. The van der Waals surface area contributed by atoms with Gasteiger partial charge in [-0.15, -0.1) is 0 Å². The molecule has 0 saturated carbocycles. The summed E-state index contributed by atoms with van der Waals surface area (Å²) >= 11 is 0. The van der Waals surface area contributed by atoms with Crippen LogP contribution in [0.2, 0.25) is 0 Å². The largest absolute Gasteiger partial charge is 0.353 e. The predicted octanol–water partition coefficient (Wildman–Crippen LogP) is 2.28. The molecule has 3 rings (SSSR count). The van der Waals surface area contributed by atoms with Gasteiger partial charge >= 0.3 is 0 Å². The van der Waals surface area contributed by atoms with E-state index in [1.54, 1.807) is 17.3 Å². The molecule has 1 aromatic carbocycles. The van der Waals surface area contributed by atoms with Crippen molar-refractivity contribution >= 4 is 11.7 Å². The van der Waals surface area contributed by atoms with Crippen molar-refractivity contribution in [3.63, 3.8) is 0 Å². The summed E-state index contributed by atoms with van der Waals surface area (Å²) in [7, 11) is 0. The maximum Gasteiger partial charge on any atom is 0.274 e. The minimum Gasteiger partial charge on any atom is -0.353 e. The smallest absolute Gasteiger partial charge is 0.274 e. The Morgan fingerprint density at radius 2 is 1.77 bits per heavy atom. The molecule has 1 aliphatic rings. The van der Waals surface area contributed by atoms with Crippen molar-refractivity contribution in [3.8, 4) is 0 Å². The van der Waals surface area contributed by atoms with Gasteiger partial charge in [0.25, 0.3) is 5.91 Å². The summed E-state index contributed by atoms with van der Waals surface area (Å²) in [6.07, 6.45) is 3.34. The van der Waals surface area contributed by atoms with Crippen LogP contribution in [0.3, 0.4) is 0 Å². The van der Waals surface area contributed by atoms with Crippen LogP contribution < -0.4 is 4.90 Å². The fraction of sp³-hybridized carbons (Fsp3) is 0.450. The molecule has 0 unspecified atom stereocenters. The molecular weight excluding hydrogens is 326 g/mol. The van der Waals surface area contributed by atoms with E-state index >= 15 is 0 Å². The maximum absolute atomic E-state index is 12.8. The minimum atomic E-state index is -0.0776. The molecular formula is C20H27N5O. The van der Waals surface area contributed by atoms with Gasteiger partial charge in [0, 0.05) is 39.3 Å². The number of rotatable bonds is 6. The molecule has 1 amide bonds. The topological polar surface area (TPSA) is 52.6 Å². The second kappa shape index (κ2) is 8.76. The molecule has 1 saturated heterocycles. The van der Waals surface area contributed by atoms with Crippen LogP contribution in [0.5, 0.6) is 0 Å². The van der Waals surface area contributed by atoms with Gasteiger partial charge in [-0.2, -0.15) is 0 Å². The molecule has 1 aromatic heterocycles. The zero-order valence-corrected chi connectivity index (χ0v) is 15.6.